The number of rotatable bonds is 9. The van der Waals surface area contributed by atoms with Crippen LogP contribution >= 0.6 is 24.0 Å². The summed E-state index contributed by atoms with van der Waals surface area (Å²) >= 11 is 0. The van der Waals surface area contributed by atoms with Gasteiger partial charge in [-0.2, -0.15) is 0 Å². The second kappa shape index (κ2) is 13.6. The topological polar surface area (TPSA) is 66.0 Å². The quantitative estimate of drug-likeness (QED) is 0.179. The molecule has 25 heavy (non-hydrogen) atoms. The summed E-state index contributed by atoms with van der Waals surface area (Å²) in [5.41, 5.74) is 0.0771. The SMILES string of the molecule is CCNC(=NCC(C)(C)N1CCCCC1)NCCCC(=O)OCC.I. The normalized spacial score (nSPS) is 16.1. The molecule has 7 heteroatoms. The summed E-state index contributed by atoms with van der Waals surface area (Å²) in [5.74, 6) is 0.693. The van der Waals surface area contributed by atoms with Crippen LogP contribution < -0.4 is 10.6 Å². The summed E-state index contributed by atoms with van der Waals surface area (Å²) in [7, 11) is 0. The van der Waals surface area contributed by atoms with Crippen molar-refractivity contribution in [2.75, 3.05) is 39.3 Å². The first kappa shape index (κ1) is 24.4. The number of hydrogen-bond donors (Lipinski definition) is 2. The van der Waals surface area contributed by atoms with Crippen LogP contribution in [0.25, 0.3) is 0 Å². The molecule has 0 saturated carbocycles. The molecule has 0 atom stereocenters. The van der Waals surface area contributed by atoms with E-state index >= 15 is 0 Å². The zero-order valence-electron chi connectivity index (χ0n) is 16.4. The number of carbonyl (C=O) groups excluding carboxylic acids is 1. The standard InChI is InChI=1S/C18H36N4O2.HI/c1-5-19-17(20-12-10-11-16(23)24-6-2)21-15-18(3,4)22-13-8-7-9-14-22;/h5-15H2,1-4H3,(H2,19,20,21);1H. The highest BCUT2D eigenvalue weighted by molar-refractivity contribution is 14.0. The van der Waals surface area contributed by atoms with Crippen LogP contribution in [0.4, 0.5) is 0 Å². The fraction of sp³-hybridized carbons (Fsp3) is 0.889. The number of esters is 1. The van der Waals surface area contributed by atoms with Crippen molar-refractivity contribution in [1.82, 2.24) is 15.5 Å². The molecule has 6 nitrogen and oxygen atoms in total. The van der Waals surface area contributed by atoms with Gasteiger partial charge in [0.05, 0.1) is 13.2 Å². The first-order chi connectivity index (χ1) is 11.5. The first-order valence-electron chi connectivity index (χ1n) is 9.42. The number of ether oxygens (including phenoxy) is 1. The Bertz CT molecular complexity index is 397. The number of guanidine groups is 1. The molecule has 0 aliphatic carbocycles. The fourth-order valence-electron chi connectivity index (χ4n) is 2.89. The molecule has 0 spiro atoms. The van der Waals surface area contributed by atoms with Crippen LogP contribution in [-0.2, 0) is 9.53 Å². The average molecular weight is 468 g/mol. The summed E-state index contributed by atoms with van der Waals surface area (Å²) in [6.07, 6.45) is 5.12. The Balaban J connectivity index is 0.00000576. The molecular weight excluding hydrogens is 431 g/mol. The van der Waals surface area contributed by atoms with Crippen LogP contribution in [0.3, 0.4) is 0 Å². The van der Waals surface area contributed by atoms with Crippen molar-refractivity contribution in [3.05, 3.63) is 0 Å². The Morgan fingerprint density at radius 1 is 1.16 bits per heavy atom. The van der Waals surface area contributed by atoms with Crippen molar-refractivity contribution in [3.63, 3.8) is 0 Å². The van der Waals surface area contributed by atoms with Gasteiger partial charge in [-0.25, -0.2) is 0 Å². The van der Waals surface area contributed by atoms with Crippen LogP contribution in [0.2, 0.25) is 0 Å². The Kier molecular flexibility index (Phi) is 13.3. The van der Waals surface area contributed by atoms with Gasteiger partial charge in [0.1, 0.15) is 0 Å². The lowest BCUT2D eigenvalue weighted by atomic mass is 9.99. The van der Waals surface area contributed by atoms with Gasteiger partial charge in [-0.1, -0.05) is 6.42 Å². The molecule has 0 amide bonds. The van der Waals surface area contributed by atoms with E-state index in [-0.39, 0.29) is 35.5 Å². The lowest BCUT2D eigenvalue weighted by molar-refractivity contribution is -0.143. The molecule has 0 bridgehead atoms. The minimum Gasteiger partial charge on any atom is -0.466 e. The Hall–Kier alpha value is -0.570. The number of hydrogen-bond acceptors (Lipinski definition) is 4. The molecule has 1 fully saturated rings. The van der Waals surface area contributed by atoms with Crippen LogP contribution in [-0.4, -0.2) is 61.7 Å². The number of aliphatic imine (C=N–C) groups is 1. The van der Waals surface area contributed by atoms with Gasteiger partial charge >= 0.3 is 5.97 Å². The van der Waals surface area contributed by atoms with Gasteiger partial charge in [0, 0.05) is 25.0 Å². The van der Waals surface area contributed by atoms with E-state index in [4.69, 9.17) is 9.73 Å². The van der Waals surface area contributed by atoms with Crippen molar-refractivity contribution in [2.45, 2.75) is 65.3 Å². The molecule has 0 radical (unpaired) electrons. The van der Waals surface area contributed by atoms with Gasteiger partial charge in [-0.05, 0) is 60.0 Å². The maximum absolute atomic E-state index is 11.3. The molecule has 2 N–H and O–H groups in total. The summed E-state index contributed by atoms with van der Waals surface area (Å²) < 4.78 is 4.94. The van der Waals surface area contributed by atoms with E-state index in [0.29, 0.717) is 13.0 Å². The third-order valence-corrected chi connectivity index (χ3v) is 4.34. The van der Waals surface area contributed by atoms with Gasteiger partial charge in [0.2, 0.25) is 0 Å². The molecule has 1 rings (SSSR count). The van der Waals surface area contributed by atoms with Crippen LogP contribution in [0.1, 0.15) is 59.8 Å². The van der Waals surface area contributed by atoms with Crippen LogP contribution in [0.5, 0.6) is 0 Å². The van der Waals surface area contributed by atoms with Gasteiger partial charge < -0.3 is 15.4 Å². The van der Waals surface area contributed by atoms with Crippen molar-refractivity contribution < 1.29 is 9.53 Å². The minimum absolute atomic E-state index is 0. The van der Waals surface area contributed by atoms with Gasteiger partial charge in [0.25, 0.3) is 0 Å². The largest absolute Gasteiger partial charge is 0.466 e. The maximum Gasteiger partial charge on any atom is 0.305 e. The number of nitrogens with zero attached hydrogens (tertiary/aromatic N) is 2. The minimum atomic E-state index is -0.132. The molecule has 1 aliphatic rings. The van der Waals surface area contributed by atoms with E-state index in [1.54, 1.807) is 0 Å². The summed E-state index contributed by atoms with van der Waals surface area (Å²) in [4.78, 5) is 18.6. The molecule has 0 aromatic heterocycles. The van der Waals surface area contributed by atoms with E-state index in [1.165, 1.54) is 32.4 Å². The zero-order chi connectivity index (χ0) is 17.8. The fourth-order valence-corrected chi connectivity index (χ4v) is 2.89. The van der Waals surface area contributed by atoms with E-state index in [1.807, 2.05) is 6.92 Å². The van der Waals surface area contributed by atoms with Crippen molar-refractivity contribution in [1.29, 1.82) is 0 Å². The summed E-state index contributed by atoms with van der Waals surface area (Å²) in [6, 6.07) is 0. The monoisotopic (exact) mass is 468 g/mol. The lowest BCUT2D eigenvalue weighted by Gasteiger charge is -2.40. The van der Waals surface area contributed by atoms with Gasteiger partial charge in [-0.15, -0.1) is 24.0 Å². The molecule has 0 aromatic rings. The van der Waals surface area contributed by atoms with E-state index in [0.717, 1.165) is 32.0 Å². The predicted octanol–water partition coefficient (Wildman–Crippen LogP) is 2.77. The highest BCUT2D eigenvalue weighted by Crippen LogP contribution is 2.20. The smallest absolute Gasteiger partial charge is 0.305 e. The lowest BCUT2D eigenvalue weighted by Crippen LogP contribution is -2.49. The Morgan fingerprint density at radius 2 is 1.84 bits per heavy atom. The molecule has 1 aliphatic heterocycles. The molecule has 1 saturated heterocycles. The molecule has 0 aromatic carbocycles. The first-order valence-corrected chi connectivity index (χ1v) is 9.42. The maximum atomic E-state index is 11.3. The molecule has 0 unspecified atom stereocenters. The molecule has 1 heterocycles. The Labute approximate surface area is 170 Å². The van der Waals surface area contributed by atoms with Crippen LogP contribution in [0, 0.1) is 0 Å². The number of carbonyl (C=O) groups is 1. The third kappa shape index (κ3) is 10.2. The van der Waals surface area contributed by atoms with Crippen molar-refractivity contribution in [3.8, 4) is 0 Å². The van der Waals surface area contributed by atoms with Crippen LogP contribution in [0.15, 0.2) is 4.99 Å². The number of likely N-dealkylation sites (tertiary alicyclic amines) is 1. The second-order valence-corrected chi connectivity index (χ2v) is 6.89. The molecule has 148 valence electrons. The zero-order valence-corrected chi connectivity index (χ0v) is 18.7. The van der Waals surface area contributed by atoms with Crippen molar-refractivity contribution in [2.24, 2.45) is 4.99 Å². The number of nitrogens with one attached hydrogen (secondary N) is 2. The average Bonchev–Trinajstić information content (AvgIpc) is 2.57. The Morgan fingerprint density at radius 3 is 2.44 bits per heavy atom. The van der Waals surface area contributed by atoms with E-state index in [9.17, 15) is 4.79 Å². The third-order valence-electron chi connectivity index (χ3n) is 4.34. The highest BCUT2D eigenvalue weighted by Gasteiger charge is 2.27. The van der Waals surface area contributed by atoms with Gasteiger partial charge in [0.15, 0.2) is 5.96 Å². The van der Waals surface area contributed by atoms with Gasteiger partial charge in [-0.3, -0.25) is 14.7 Å². The number of halogens is 1. The second-order valence-electron chi connectivity index (χ2n) is 6.89. The van der Waals surface area contributed by atoms with Crippen molar-refractivity contribution >= 4 is 35.9 Å². The summed E-state index contributed by atoms with van der Waals surface area (Å²) in [6.45, 7) is 13.5. The number of piperidine rings is 1. The summed E-state index contributed by atoms with van der Waals surface area (Å²) in [5, 5.41) is 6.58. The molecular formula is C18H37IN4O2. The highest BCUT2D eigenvalue weighted by atomic mass is 127. The van der Waals surface area contributed by atoms with E-state index < -0.39 is 0 Å². The van der Waals surface area contributed by atoms with E-state index in [2.05, 4.69) is 36.3 Å². The predicted molar refractivity (Wildman–Crippen MR) is 115 cm³/mol.